The lowest BCUT2D eigenvalue weighted by Crippen LogP contribution is -2.45. The molecule has 0 unspecified atom stereocenters. The lowest BCUT2D eigenvalue weighted by atomic mass is 9.91. The van der Waals surface area contributed by atoms with Crippen LogP contribution in [-0.4, -0.2) is 43.5 Å². The van der Waals surface area contributed by atoms with E-state index in [1.54, 1.807) is 42.9 Å². The molecule has 134 valence electrons. The van der Waals surface area contributed by atoms with Crippen LogP contribution < -0.4 is 16.0 Å². The Balaban J connectivity index is 1.71. The van der Waals surface area contributed by atoms with E-state index in [9.17, 15) is 4.79 Å². The van der Waals surface area contributed by atoms with Crippen molar-refractivity contribution in [3.63, 3.8) is 0 Å². The first-order chi connectivity index (χ1) is 12.0. The van der Waals surface area contributed by atoms with E-state index in [0.717, 1.165) is 12.5 Å². The van der Waals surface area contributed by atoms with E-state index in [1.165, 1.54) is 4.88 Å². The minimum Gasteiger partial charge on any atom is -0.356 e. The van der Waals surface area contributed by atoms with Crippen LogP contribution >= 0.6 is 11.3 Å². The number of thiophene rings is 1. The van der Waals surface area contributed by atoms with Crippen LogP contribution in [0.25, 0.3) is 0 Å². The van der Waals surface area contributed by atoms with Gasteiger partial charge in [-0.05, 0) is 23.6 Å². The van der Waals surface area contributed by atoms with Gasteiger partial charge in [0.15, 0.2) is 5.96 Å². The number of rotatable bonds is 7. The first kappa shape index (κ1) is 18.9. The summed E-state index contributed by atoms with van der Waals surface area (Å²) in [6, 6.07) is 7.70. The van der Waals surface area contributed by atoms with Gasteiger partial charge in [-0.2, -0.15) is 0 Å². The van der Waals surface area contributed by atoms with E-state index in [-0.39, 0.29) is 11.3 Å². The van der Waals surface area contributed by atoms with Gasteiger partial charge in [0.1, 0.15) is 0 Å². The van der Waals surface area contributed by atoms with Gasteiger partial charge in [0.2, 0.25) is 0 Å². The van der Waals surface area contributed by atoms with Crippen molar-refractivity contribution in [3.05, 3.63) is 52.5 Å². The third-order valence-corrected chi connectivity index (χ3v) is 4.97. The average molecular weight is 359 g/mol. The van der Waals surface area contributed by atoms with Crippen molar-refractivity contribution in [2.24, 2.45) is 4.99 Å². The third kappa shape index (κ3) is 5.86. The van der Waals surface area contributed by atoms with Gasteiger partial charge in [-0.1, -0.05) is 19.9 Å². The number of hydrogen-bond donors (Lipinski definition) is 3. The average Bonchev–Trinajstić information content (AvgIpc) is 3.17. The largest absolute Gasteiger partial charge is 0.356 e. The number of nitrogens with zero attached hydrogens (tertiary/aromatic N) is 2. The number of amides is 1. The lowest BCUT2D eigenvalue weighted by Gasteiger charge is -2.25. The van der Waals surface area contributed by atoms with E-state index >= 15 is 0 Å². The summed E-state index contributed by atoms with van der Waals surface area (Å²) in [7, 11) is 1.74. The lowest BCUT2D eigenvalue weighted by molar-refractivity contribution is 0.0954. The standard InChI is InChI=1S/C18H25N5OS/c1-18(2,15-7-5-11-25-15)13-23-17(19-3)22-10-9-21-16(24)14-6-4-8-20-12-14/h4-8,11-12H,9-10,13H2,1-3H3,(H,21,24)(H2,19,22,23). The fraction of sp³-hybridized carbons (Fsp3) is 0.389. The van der Waals surface area contributed by atoms with Gasteiger partial charge in [-0.25, -0.2) is 0 Å². The maximum Gasteiger partial charge on any atom is 0.252 e. The Labute approximate surface area is 152 Å². The summed E-state index contributed by atoms with van der Waals surface area (Å²) in [5.41, 5.74) is 0.586. The number of aliphatic imine (C=N–C) groups is 1. The molecule has 2 aromatic heterocycles. The van der Waals surface area contributed by atoms with Crippen molar-refractivity contribution in [1.29, 1.82) is 0 Å². The van der Waals surface area contributed by atoms with E-state index < -0.39 is 0 Å². The Hall–Kier alpha value is -2.41. The molecule has 2 rings (SSSR count). The summed E-state index contributed by atoms with van der Waals surface area (Å²) in [5, 5.41) is 11.5. The zero-order chi connectivity index (χ0) is 18.1. The highest BCUT2D eigenvalue weighted by atomic mass is 32.1. The summed E-state index contributed by atoms with van der Waals surface area (Å²) in [6.45, 7) is 6.27. The minimum atomic E-state index is -0.128. The molecule has 0 saturated carbocycles. The highest BCUT2D eigenvalue weighted by molar-refractivity contribution is 7.10. The Morgan fingerprint density at radius 2 is 2.00 bits per heavy atom. The topological polar surface area (TPSA) is 78.4 Å². The van der Waals surface area contributed by atoms with Crippen molar-refractivity contribution in [3.8, 4) is 0 Å². The van der Waals surface area contributed by atoms with Crippen molar-refractivity contribution < 1.29 is 4.79 Å². The third-order valence-electron chi connectivity index (χ3n) is 3.74. The molecular weight excluding hydrogens is 334 g/mol. The van der Waals surface area contributed by atoms with Crippen molar-refractivity contribution >= 4 is 23.2 Å². The van der Waals surface area contributed by atoms with Gasteiger partial charge >= 0.3 is 0 Å². The molecule has 0 saturated heterocycles. The molecule has 25 heavy (non-hydrogen) atoms. The Bertz CT molecular complexity index is 683. The number of pyridine rings is 1. The normalized spacial score (nSPS) is 11.9. The monoisotopic (exact) mass is 359 g/mol. The molecule has 3 N–H and O–H groups in total. The highest BCUT2D eigenvalue weighted by Gasteiger charge is 2.21. The number of aromatic nitrogens is 1. The van der Waals surface area contributed by atoms with Crippen LogP contribution in [0.5, 0.6) is 0 Å². The van der Waals surface area contributed by atoms with Gasteiger partial charge < -0.3 is 16.0 Å². The number of hydrogen-bond acceptors (Lipinski definition) is 4. The summed E-state index contributed by atoms with van der Waals surface area (Å²) in [5.74, 6) is 0.594. The first-order valence-electron chi connectivity index (χ1n) is 8.19. The molecular formula is C18H25N5OS. The maximum absolute atomic E-state index is 11.9. The van der Waals surface area contributed by atoms with E-state index in [2.05, 4.69) is 57.3 Å². The van der Waals surface area contributed by atoms with Gasteiger partial charge in [0, 0.05) is 49.4 Å². The molecule has 0 aliphatic rings. The maximum atomic E-state index is 11.9. The Morgan fingerprint density at radius 3 is 2.64 bits per heavy atom. The molecule has 0 aliphatic heterocycles. The highest BCUT2D eigenvalue weighted by Crippen LogP contribution is 2.26. The van der Waals surface area contributed by atoms with Gasteiger partial charge in [0.25, 0.3) is 5.91 Å². The smallest absolute Gasteiger partial charge is 0.252 e. The van der Waals surface area contributed by atoms with Crippen LogP contribution in [0.1, 0.15) is 29.1 Å². The van der Waals surface area contributed by atoms with Gasteiger partial charge in [0.05, 0.1) is 5.56 Å². The molecule has 0 spiro atoms. The molecule has 7 heteroatoms. The fourth-order valence-electron chi connectivity index (χ4n) is 2.23. The van der Waals surface area contributed by atoms with Gasteiger partial charge in [-0.15, -0.1) is 11.3 Å². The Morgan fingerprint density at radius 1 is 1.20 bits per heavy atom. The first-order valence-corrected chi connectivity index (χ1v) is 9.07. The predicted octanol–water partition coefficient (Wildman–Crippen LogP) is 2.02. The number of carbonyl (C=O) groups is 1. The van der Waals surface area contributed by atoms with Crippen molar-refractivity contribution in [2.45, 2.75) is 19.3 Å². The molecule has 0 bridgehead atoms. The quantitative estimate of drug-likeness (QED) is 0.401. The zero-order valence-corrected chi connectivity index (χ0v) is 15.7. The summed E-state index contributed by atoms with van der Waals surface area (Å²) in [6.07, 6.45) is 3.20. The van der Waals surface area contributed by atoms with Crippen molar-refractivity contribution in [1.82, 2.24) is 20.9 Å². The summed E-state index contributed by atoms with van der Waals surface area (Å²) in [4.78, 5) is 21.4. The second-order valence-electron chi connectivity index (χ2n) is 6.21. The number of nitrogens with one attached hydrogen (secondary N) is 3. The van der Waals surface area contributed by atoms with E-state index in [1.807, 2.05) is 0 Å². The molecule has 0 radical (unpaired) electrons. The van der Waals surface area contributed by atoms with Crippen LogP contribution in [0.15, 0.2) is 47.0 Å². The van der Waals surface area contributed by atoms with Gasteiger partial charge in [-0.3, -0.25) is 14.8 Å². The SMILES string of the molecule is CN=C(NCCNC(=O)c1cccnc1)NCC(C)(C)c1cccs1. The minimum absolute atomic E-state index is 0.0281. The van der Waals surface area contributed by atoms with Crippen LogP contribution in [0.4, 0.5) is 0 Å². The van der Waals surface area contributed by atoms with Crippen LogP contribution in [0, 0.1) is 0 Å². The van der Waals surface area contributed by atoms with E-state index in [4.69, 9.17) is 0 Å². The van der Waals surface area contributed by atoms with Crippen molar-refractivity contribution in [2.75, 3.05) is 26.7 Å². The zero-order valence-electron chi connectivity index (χ0n) is 14.9. The number of carbonyl (C=O) groups excluding carboxylic acids is 1. The number of guanidine groups is 1. The molecule has 0 aliphatic carbocycles. The molecule has 2 heterocycles. The Kier molecular flexibility index (Phi) is 6.94. The summed E-state index contributed by atoms with van der Waals surface area (Å²) < 4.78 is 0. The van der Waals surface area contributed by atoms with Crippen LogP contribution in [-0.2, 0) is 5.41 Å². The van der Waals surface area contributed by atoms with Crippen LogP contribution in [0.3, 0.4) is 0 Å². The molecule has 0 aromatic carbocycles. The summed E-state index contributed by atoms with van der Waals surface area (Å²) >= 11 is 1.76. The second kappa shape index (κ2) is 9.17. The predicted molar refractivity (Wildman–Crippen MR) is 103 cm³/mol. The molecule has 0 fully saturated rings. The second-order valence-corrected chi connectivity index (χ2v) is 7.16. The fourth-order valence-corrected chi connectivity index (χ4v) is 3.08. The molecule has 2 aromatic rings. The molecule has 0 atom stereocenters. The molecule has 6 nitrogen and oxygen atoms in total. The molecule has 1 amide bonds. The van der Waals surface area contributed by atoms with Crippen LogP contribution in [0.2, 0.25) is 0 Å². The van der Waals surface area contributed by atoms with E-state index in [0.29, 0.717) is 18.7 Å².